The zero-order valence-corrected chi connectivity index (χ0v) is 6.96. The van der Waals surface area contributed by atoms with Crippen LogP contribution in [0.1, 0.15) is 19.8 Å². The molecule has 1 N–H and O–H groups in total. The number of aliphatic hydroxyl groups is 1. The van der Waals surface area contributed by atoms with Crippen LogP contribution in [0.25, 0.3) is 0 Å². The lowest BCUT2D eigenvalue weighted by Gasteiger charge is -2.31. The molecule has 0 aromatic rings. The Kier molecular flexibility index (Phi) is 3.27. The van der Waals surface area contributed by atoms with Gasteiger partial charge in [0.15, 0.2) is 0 Å². The number of hydrogen-bond donors (Lipinski definition) is 1. The molecule has 1 saturated heterocycles. The maximum atomic E-state index is 12.9. The van der Waals surface area contributed by atoms with Crippen LogP contribution in [-0.2, 0) is 0 Å². The lowest BCUT2D eigenvalue weighted by molar-refractivity contribution is 0.00668. The van der Waals surface area contributed by atoms with Crippen LogP contribution in [-0.4, -0.2) is 41.9 Å². The molecular formula is C8H16FNO. The third-order valence-electron chi connectivity index (χ3n) is 2.13. The Morgan fingerprint density at radius 1 is 1.64 bits per heavy atom. The van der Waals surface area contributed by atoms with E-state index in [0.29, 0.717) is 13.0 Å². The second-order valence-corrected chi connectivity index (χ2v) is 3.17. The molecule has 0 amide bonds. The fourth-order valence-corrected chi connectivity index (χ4v) is 1.47. The second-order valence-electron chi connectivity index (χ2n) is 3.17. The highest BCUT2D eigenvalue weighted by Crippen LogP contribution is 2.13. The molecule has 0 unspecified atom stereocenters. The highest BCUT2D eigenvalue weighted by Gasteiger charge is 2.26. The van der Waals surface area contributed by atoms with E-state index in [9.17, 15) is 4.39 Å². The zero-order chi connectivity index (χ0) is 8.27. The molecule has 0 bridgehead atoms. The molecule has 1 heterocycles. The van der Waals surface area contributed by atoms with Gasteiger partial charge in [-0.3, -0.25) is 0 Å². The first-order chi connectivity index (χ1) is 5.24. The number of nitrogens with zero attached hydrogens (tertiary/aromatic N) is 1. The average Bonchev–Trinajstić information content (AvgIpc) is 1.98. The van der Waals surface area contributed by atoms with Crippen molar-refractivity contribution in [2.24, 2.45) is 0 Å². The summed E-state index contributed by atoms with van der Waals surface area (Å²) in [6, 6.07) is 0. The fraction of sp³-hybridized carbons (Fsp3) is 1.00. The molecule has 0 aromatic carbocycles. The molecule has 2 nitrogen and oxygen atoms in total. The monoisotopic (exact) mass is 161 g/mol. The summed E-state index contributed by atoms with van der Waals surface area (Å²) >= 11 is 0. The number of likely N-dealkylation sites (tertiary alicyclic amines) is 1. The zero-order valence-electron chi connectivity index (χ0n) is 6.96. The summed E-state index contributed by atoms with van der Waals surface area (Å²) in [6.07, 6.45) is -0.109. The molecule has 11 heavy (non-hydrogen) atoms. The van der Waals surface area contributed by atoms with Gasteiger partial charge in [-0.1, -0.05) is 6.92 Å². The van der Waals surface area contributed by atoms with E-state index in [0.717, 1.165) is 19.5 Å². The van der Waals surface area contributed by atoms with Gasteiger partial charge < -0.3 is 10.0 Å². The molecule has 1 rings (SSSR count). The molecule has 66 valence electrons. The number of piperidine rings is 1. The van der Waals surface area contributed by atoms with E-state index in [1.165, 1.54) is 0 Å². The van der Waals surface area contributed by atoms with Crippen molar-refractivity contribution in [1.29, 1.82) is 0 Å². The molecular weight excluding hydrogens is 145 g/mol. The van der Waals surface area contributed by atoms with Crippen LogP contribution in [0.3, 0.4) is 0 Å². The van der Waals surface area contributed by atoms with Gasteiger partial charge in [0.25, 0.3) is 0 Å². The normalized spacial score (nSPS) is 34.1. The van der Waals surface area contributed by atoms with E-state index in [1.807, 2.05) is 0 Å². The lowest BCUT2D eigenvalue weighted by atomic mass is 10.1. The average molecular weight is 161 g/mol. The standard InChI is InChI=1S/C8H16FNO/c1-2-4-10-5-3-8(11)7(9)6-10/h7-8,11H,2-6H2,1H3/t7-,8+/m1/s1. The van der Waals surface area contributed by atoms with Crippen molar-refractivity contribution < 1.29 is 9.50 Å². The summed E-state index contributed by atoms with van der Waals surface area (Å²) in [5.74, 6) is 0. The van der Waals surface area contributed by atoms with Gasteiger partial charge in [0.2, 0.25) is 0 Å². The molecule has 1 aliphatic heterocycles. The molecule has 1 aliphatic rings. The van der Waals surface area contributed by atoms with Crippen LogP contribution >= 0.6 is 0 Å². The molecule has 2 atom stereocenters. The molecule has 0 aromatic heterocycles. The van der Waals surface area contributed by atoms with Crippen molar-refractivity contribution >= 4 is 0 Å². The Bertz CT molecular complexity index is 121. The van der Waals surface area contributed by atoms with Crippen molar-refractivity contribution in [2.45, 2.75) is 32.0 Å². The van der Waals surface area contributed by atoms with Gasteiger partial charge in [0.1, 0.15) is 6.17 Å². The summed E-state index contributed by atoms with van der Waals surface area (Å²) in [7, 11) is 0. The Hall–Kier alpha value is -0.150. The van der Waals surface area contributed by atoms with Gasteiger partial charge in [-0.15, -0.1) is 0 Å². The van der Waals surface area contributed by atoms with Gasteiger partial charge in [-0.2, -0.15) is 0 Å². The predicted octanol–water partition coefficient (Wildman–Crippen LogP) is 0.801. The van der Waals surface area contributed by atoms with Crippen molar-refractivity contribution in [2.75, 3.05) is 19.6 Å². The predicted molar refractivity (Wildman–Crippen MR) is 42.3 cm³/mol. The van der Waals surface area contributed by atoms with Crippen molar-refractivity contribution in [1.82, 2.24) is 4.90 Å². The molecule has 3 heteroatoms. The first kappa shape index (κ1) is 8.94. The number of alkyl halides is 1. The topological polar surface area (TPSA) is 23.5 Å². The van der Waals surface area contributed by atoms with Crippen molar-refractivity contribution in [3.63, 3.8) is 0 Å². The van der Waals surface area contributed by atoms with E-state index in [-0.39, 0.29) is 0 Å². The third-order valence-corrected chi connectivity index (χ3v) is 2.13. The second kappa shape index (κ2) is 4.02. The molecule has 0 aliphatic carbocycles. The van der Waals surface area contributed by atoms with Crippen LogP contribution in [0, 0.1) is 0 Å². The Labute approximate surface area is 67.0 Å². The largest absolute Gasteiger partial charge is 0.390 e. The minimum Gasteiger partial charge on any atom is -0.390 e. The van der Waals surface area contributed by atoms with E-state index in [1.54, 1.807) is 0 Å². The lowest BCUT2D eigenvalue weighted by Crippen LogP contribution is -2.44. The fourth-order valence-electron chi connectivity index (χ4n) is 1.47. The molecule has 1 fully saturated rings. The summed E-state index contributed by atoms with van der Waals surface area (Å²) in [5.41, 5.74) is 0. The van der Waals surface area contributed by atoms with E-state index < -0.39 is 12.3 Å². The van der Waals surface area contributed by atoms with Gasteiger partial charge in [0.05, 0.1) is 6.10 Å². The highest BCUT2D eigenvalue weighted by atomic mass is 19.1. The molecule has 0 radical (unpaired) electrons. The SMILES string of the molecule is CCCN1CC[C@H](O)[C@H](F)C1. The van der Waals surface area contributed by atoms with Gasteiger partial charge in [-0.25, -0.2) is 4.39 Å². The van der Waals surface area contributed by atoms with E-state index in [4.69, 9.17) is 5.11 Å². The van der Waals surface area contributed by atoms with Crippen molar-refractivity contribution in [3.8, 4) is 0 Å². The Morgan fingerprint density at radius 2 is 2.36 bits per heavy atom. The molecule has 0 saturated carbocycles. The summed E-state index contributed by atoms with van der Waals surface area (Å²) in [4.78, 5) is 2.07. The first-order valence-electron chi connectivity index (χ1n) is 4.28. The maximum absolute atomic E-state index is 12.9. The van der Waals surface area contributed by atoms with Crippen LogP contribution in [0.15, 0.2) is 0 Å². The number of halogens is 1. The highest BCUT2D eigenvalue weighted by molar-refractivity contribution is 4.79. The minimum atomic E-state index is -1.03. The van der Waals surface area contributed by atoms with E-state index in [2.05, 4.69) is 11.8 Å². The van der Waals surface area contributed by atoms with Crippen LogP contribution < -0.4 is 0 Å². The maximum Gasteiger partial charge on any atom is 0.138 e. The smallest absolute Gasteiger partial charge is 0.138 e. The van der Waals surface area contributed by atoms with Crippen LogP contribution in [0.4, 0.5) is 4.39 Å². The van der Waals surface area contributed by atoms with Gasteiger partial charge in [0, 0.05) is 13.1 Å². The van der Waals surface area contributed by atoms with Crippen LogP contribution in [0.5, 0.6) is 0 Å². The summed E-state index contributed by atoms with van der Waals surface area (Å²) in [5, 5.41) is 9.06. The summed E-state index contributed by atoms with van der Waals surface area (Å²) < 4.78 is 12.9. The first-order valence-corrected chi connectivity index (χ1v) is 4.28. The minimum absolute atomic E-state index is 0.412. The quantitative estimate of drug-likeness (QED) is 0.647. The van der Waals surface area contributed by atoms with Crippen LogP contribution in [0.2, 0.25) is 0 Å². The number of aliphatic hydroxyl groups excluding tert-OH is 1. The van der Waals surface area contributed by atoms with Gasteiger partial charge >= 0.3 is 0 Å². The Balaban J connectivity index is 2.28. The number of rotatable bonds is 2. The number of hydrogen-bond acceptors (Lipinski definition) is 2. The molecule has 0 spiro atoms. The van der Waals surface area contributed by atoms with Crippen molar-refractivity contribution in [3.05, 3.63) is 0 Å². The Morgan fingerprint density at radius 3 is 2.91 bits per heavy atom. The van der Waals surface area contributed by atoms with Gasteiger partial charge in [-0.05, 0) is 19.4 Å². The third kappa shape index (κ3) is 2.42. The summed E-state index contributed by atoms with van der Waals surface area (Å²) in [6.45, 7) is 4.29. The van der Waals surface area contributed by atoms with E-state index >= 15 is 0 Å².